The van der Waals surface area contributed by atoms with Crippen molar-refractivity contribution in [2.75, 3.05) is 13.2 Å². The van der Waals surface area contributed by atoms with Crippen molar-refractivity contribution in [2.45, 2.75) is 6.92 Å². The summed E-state index contributed by atoms with van der Waals surface area (Å²) < 4.78 is 5.18. The van der Waals surface area contributed by atoms with Crippen molar-refractivity contribution in [3.8, 4) is 17.7 Å². The number of ether oxygens (including phenoxy) is 1. The van der Waals surface area contributed by atoms with E-state index in [1.807, 2.05) is 6.92 Å². The van der Waals surface area contributed by atoms with E-state index < -0.39 is 0 Å². The van der Waals surface area contributed by atoms with Gasteiger partial charge in [0.15, 0.2) is 0 Å². The van der Waals surface area contributed by atoms with Crippen molar-refractivity contribution in [3.63, 3.8) is 0 Å². The molecule has 0 fully saturated rings. The van der Waals surface area contributed by atoms with Gasteiger partial charge < -0.3 is 4.74 Å². The van der Waals surface area contributed by atoms with Gasteiger partial charge in [0.25, 0.3) is 0 Å². The fourth-order valence-electron chi connectivity index (χ4n) is 0.896. The summed E-state index contributed by atoms with van der Waals surface area (Å²) in [5.74, 6) is 6.10. The summed E-state index contributed by atoms with van der Waals surface area (Å²) in [7, 11) is 0. The molecule has 5 nitrogen and oxygen atoms in total. The smallest absolute Gasteiger partial charge is 0.213 e. The first-order chi connectivity index (χ1) is 7.36. The van der Waals surface area contributed by atoms with E-state index >= 15 is 0 Å². The maximum absolute atomic E-state index is 8.02. The first-order valence-corrected chi connectivity index (χ1v) is 4.45. The normalized spacial score (nSPS) is 8.33. The Morgan fingerprint density at radius 3 is 3.07 bits per heavy atom. The van der Waals surface area contributed by atoms with Crippen molar-refractivity contribution >= 4 is 0 Å². The van der Waals surface area contributed by atoms with Crippen molar-refractivity contribution in [2.24, 2.45) is 5.11 Å². The van der Waals surface area contributed by atoms with Crippen LogP contribution in [0.3, 0.4) is 0 Å². The van der Waals surface area contributed by atoms with Crippen molar-refractivity contribution in [1.29, 1.82) is 0 Å². The number of nitrogens with zero attached hydrogens (tertiary/aromatic N) is 4. The zero-order valence-corrected chi connectivity index (χ0v) is 8.34. The molecule has 0 aliphatic carbocycles. The van der Waals surface area contributed by atoms with Crippen LogP contribution >= 0.6 is 0 Å². The van der Waals surface area contributed by atoms with E-state index in [0.29, 0.717) is 12.5 Å². The Kier molecular flexibility index (Phi) is 4.58. The average Bonchev–Trinajstić information content (AvgIpc) is 2.27. The van der Waals surface area contributed by atoms with Crippen LogP contribution in [0.2, 0.25) is 0 Å². The van der Waals surface area contributed by atoms with Crippen molar-refractivity contribution < 1.29 is 4.74 Å². The third kappa shape index (κ3) is 4.03. The van der Waals surface area contributed by atoms with Gasteiger partial charge in [0.2, 0.25) is 5.88 Å². The van der Waals surface area contributed by atoms with E-state index in [1.54, 1.807) is 18.3 Å². The van der Waals surface area contributed by atoms with Crippen LogP contribution in [0, 0.1) is 11.8 Å². The third-order valence-corrected chi connectivity index (χ3v) is 1.47. The number of aromatic nitrogens is 1. The molecule has 0 aromatic carbocycles. The summed E-state index contributed by atoms with van der Waals surface area (Å²) in [4.78, 5) is 6.63. The number of hydrogen-bond donors (Lipinski definition) is 0. The minimum atomic E-state index is 0.170. The summed E-state index contributed by atoms with van der Waals surface area (Å²) in [6, 6.07) is 3.56. The molecule has 15 heavy (non-hydrogen) atoms. The Balaban J connectivity index is 2.62. The fraction of sp³-hybridized carbons (Fsp3) is 0.300. The highest BCUT2D eigenvalue weighted by atomic mass is 16.5. The van der Waals surface area contributed by atoms with Gasteiger partial charge in [-0.05, 0) is 18.5 Å². The number of rotatable bonds is 3. The van der Waals surface area contributed by atoms with E-state index in [1.165, 1.54) is 0 Å². The highest BCUT2D eigenvalue weighted by Crippen LogP contribution is 2.06. The average molecular weight is 202 g/mol. The zero-order valence-electron chi connectivity index (χ0n) is 8.34. The SMILES string of the molecule is CCOc1ccc(C#CCN=[N+]=[N-])cn1. The topological polar surface area (TPSA) is 70.9 Å². The van der Waals surface area contributed by atoms with Crippen LogP contribution in [0.5, 0.6) is 5.88 Å². The molecule has 0 radical (unpaired) electrons. The van der Waals surface area contributed by atoms with Crippen LogP contribution in [-0.2, 0) is 0 Å². The third-order valence-electron chi connectivity index (χ3n) is 1.47. The summed E-state index contributed by atoms with van der Waals surface area (Å²) in [6.45, 7) is 2.66. The Labute approximate surface area is 87.7 Å². The van der Waals surface area contributed by atoms with Gasteiger partial charge in [0, 0.05) is 22.7 Å². The summed E-state index contributed by atoms with van der Waals surface area (Å²) in [6.07, 6.45) is 1.62. The Morgan fingerprint density at radius 1 is 1.60 bits per heavy atom. The molecule has 0 N–H and O–H groups in total. The van der Waals surface area contributed by atoms with Crippen molar-refractivity contribution in [1.82, 2.24) is 4.98 Å². The van der Waals surface area contributed by atoms with Crippen LogP contribution in [0.15, 0.2) is 23.4 Å². The van der Waals surface area contributed by atoms with E-state index in [9.17, 15) is 0 Å². The second-order valence-electron chi connectivity index (χ2n) is 2.51. The van der Waals surface area contributed by atoms with Gasteiger partial charge in [-0.1, -0.05) is 17.0 Å². The van der Waals surface area contributed by atoms with Gasteiger partial charge in [-0.25, -0.2) is 4.98 Å². The molecule has 0 unspecified atom stereocenters. The van der Waals surface area contributed by atoms with Crippen LogP contribution in [0.4, 0.5) is 0 Å². The fourth-order valence-corrected chi connectivity index (χ4v) is 0.896. The first kappa shape index (κ1) is 10.9. The minimum Gasteiger partial charge on any atom is -0.478 e. The predicted octanol–water partition coefficient (Wildman–Crippen LogP) is 2.14. The van der Waals surface area contributed by atoms with Gasteiger partial charge in [0.05, 0.1) is 13.2 Å². The highest BCUT2D eigenvalue weighted by molar-refractivity contribution is 5.33. The van der Waals surface area contributed by atoms with Gasteiger partial charge in [0.1, 0.15) is 0 Å². The number of hydrogen-bond acceptors (Lipinski definition) is 3. The zero-order chi connectivity index (χ0) is 10.9. The molecule has 0 aliphatic heterocycles. The molecular weight excluding hydrogens is 192 g/mol. The lowest BCUT2D eigenvalue weighted by Gasteiger charge is -1.99. The lowest BCUT2D eigenvalue weighted by molar-refractivity contribution is 0.327. The Hall–Kier alpha value is -2.18. The van der Waals surface area contributed by atoms with Crippen LogP contribution in [0.25, 0.3) is 10.4 Å². The molecule has 76 valence electrons. The molecular formula is C10H10N4O. The quantitative estimate of drug-likeness (QED) is 0.326. The lowest BCUT2D eigenvalue weighted by Crippen LogP contribution is -1.93. The van der Waals surface area contributed by atoms with E-state index in [4.69, 9.17) is 10.3 Å². The molecule has 0 aliphatic rings. The van der Waals surface area contributed by atoms with E-state index in [2.05, 4.69) is 26.9 Å². The first-order valence-electron chi connectivity index (χ1n) is 4.45. The van der Waals surface area contributed by atoms with Gasteiger partial charge in [-0.2, -0.15) is 0 Å². The van der Waals surface area contributed by atoms with Crippen LogP contribution in [0.1, 0.15) is 12.5 Å². The van der Waals surface area contributed by atoms with E-state index in [0.717, 1.165) is 5.56 Å². The monoisotopic (exact) mass is 202 g/mol. The minimum absolute atomic E-state index is 0.170. The Bertz CT molecular complexity index is 409. The maximum Gasteiger partial charge on any atom is 0.213 e. The second-order valence-corrected chi connectivity index (χ2v) is 2.51. The molecule has 1 heterocycles. The number of azide groups is 1. The molecule has 5 heteroatoms. The van der Waals surface area contributed by atoms with E-state index in [-0.39, 0.29) is 6.54 Å². The predicted molar refractivity (Wildman–Crippen MR) is 56.3 cm³/mol. The molecule has 1 aromatic rings. The van der Waals surface area contributed by atoms with Crippen LogP contribution in [-0.4, -0.2) is 18.1 Å². The molecule has 0 atom stereocenters. The largest absolute Gasteiger partial charge is 0.478 e. The molecule has 0 bridgehead atoms. The highest BCUT2D eigenvalue weighted by Gasteiger charge is 1.92. The molecule has 1 rings (SSSR count). The maximum atomic E-state index is 8.02. The van der Waals surface area contributed by atoms with Crippen LogP contribution < -0.4 is 4.74 Å². The molecule has 1 aromatic heterocycles. The lowest BCUT2D eigenvalue weighted by atomic mass is 10.3. The molecule has 0 saturated carbocycles. The number of pyridine rings is 1. The summed E-state index contributed by atoms with van der Waals surface area (Å²) in [5, 5.41) is 3.30. The van der Waals surface area contributed by atoms with Gasteiger partial charge >= 0.3 is 0 Å². The Morgan fingerprint density at radius 2 is 2.47 bits per heavy atom. The summed E-state index contributed by atoms with van der Waals surface area (Å²) >= 11 is 0. The molecule has 0 amide bonds. The standard InChI is InChI=1S/C10H10N4O/c1-2-15-10-6-5-9(8-12-10)4-3-7-13-14-11/h5-6,8H,2,7H2,1H3. The second kappa shape index (κ2) is 6.30. The summed E-state index contributed by atoms with van der Waals surface area (Å²) in [5.41, 5.74) is 8.79. The van der Waals surface area contributed by atoms with Gasteiger partial charge in [-0.3, -0.25) is 0 Å². The van der Waals surface area contributed by atoms with Crippen molar-refractivity contribution in [3.05, 3.63) is 34.3 Å². The molecule has 0 saturated heterocycles. The van der Waals surface area contributed by atoms with Gasteiger partial charge in [-0.15, -0.1) is 0 Å². The molecule has 0 spiro atoms.